The third kappa shape index (κ3) is 3.22. The Kier molecular flexibility index (Phi) is 4.51. The van der Waals surface area contributed by atoms with Crippen molar-refractivity contribution in [1.82, 2.24) is 4.98 Å². The van der Waals surface area contributed by atoms with E-state index < -0.39 is 5.92 Å². The van der Waals surface area contributed by atoms with E-state index in [9.17, 15) is 10.1 Å². The maximum atomic E-state index is 13.1. The van der Waals surface area contributed by atoms with E-state index in [1.165, 1.54) is 0 Å². The molecule has 148 valence electrons. The average molecular weight is 410 g/mol. The van der Waals surface area contributed by atoms with Gasteiger partial charge in [-0.2, -0.15) is 5.26 Å². The minimum atomic E-state index is -0.706. The van der Waals surface area contributed by atoms with Gasteiger partial charge in [0.2, 0.25) is 5.88 Å². The van der Waals surface area contributed by atoms with Gasteiger partial charge < -0.3 is 15.2 Å². The molecule has 0 bridgehead atoms. The van der Waals surface area contributed by atoms with Gasteiger partial charge in [0.25, 0.3) is 0 Å². The summed E-state index contributed by atoms with van der Waals surface area (Å²) >= 11 is 6.53. The van der Waals surface area contributed by atoms with Crippen molar-refractivity contribution in [2.45, 2.75) is 32.6 Å². The number of nitrogens with two attached hydrogens (primary N) is 1. The molecule has 1 aromatic carbocycles. The molecule has 7 heteroatoms. The first-order valence-corrected chi connectivity index (χ1v) is 9.60. The van der Waals surface area contributed by atoms with Gasteiger partial charge in [-0.15, -0.1) is 0 Å². The summed E-state index contributed by atoms with van der Waals surface area (Å²) < 4.78 is 11.0. The van der Waals surface area contributed by atoms with Crippen LogP contribution < -0.4 is 10.5 Å². The van der Waals surface area contributed by atoms with Crippen LogP contribution in [0.25, 0.3) is 10.9 Å². The normalized spacial score (nSPS) is 20.9. The number of nitriles is 1. The molecule has 1 aliphatic carbocycles. The Balaban J connectivity index is 1.96. The monoisotopic (exact) mass is 409 g/mol. The number of ether oxygens (including phenoxy) is 2. The largest absolute Gasteiger partial charge is 0.497 e. The molecular formula is C22H20ClN3O3. The number of allylic oxidation sites excluding steroid dienone is 3. The van der Waals surface area contributed by atoms with Crippen LogP contribution in [0.15, 0.2) is 47.1 Å². The number of benzene rings is 1. The van der Waals surface area contributed by atoms with Crippen molar-refractivity contribution in [3.8, 4) is 11.8 Å². The molecule has 6 nitrogen and oxygen atoms in total. The molecule has 1 aliphatic heterocycles. The number of rotatable bonds is 2. The number of fused-ring (bicyclic) bond motifs is 1. The first kappa shape index (κ1) is 19.3. The van der Waals surface area contributed by atoms with E-state index >= 15 is 0 Å². The molecule has 0 amide bonds. The quantitative estimate of drug-likeness (QED) is 0.740. The summed E-state index contributed by atoms with van der Waals surface area (Å²) in [5, 5.41) is 10.8. The second kappa shape index (κ2) is 6.78. The summed E-state index contributed by atoms with van der Waals surface area (Å²) in [6.45, 7) is 4.01. The van der Waals surface area contributed by atoms with Crippen LogP contribution in [-0.2, 0) is 9.53 Å². The number of Topliss-reactive ketones (excluding diaryl/α,β-unsaturated/α-hetero) is 1. The molecular weight excluding hydrogens is 390 g/mol. The van der Waals surface area contributed by atoms with Crippen LogP contribution >= 0.6 is 11.6 Å². The molecule has 1 aromatic heterocycles. The summed E-state index contributed by atoms with van der Waals surface area (Å²) in [5.41, 5.74) is 7.68. The molecule has 0 radical (unpaired) electrons. The third-order valence-corrected chi connectivity index (χ3v) is 5.69. The number of methoxy groups -OCH3 is 1. The first-order chi connectivity index (χ1) is 13.7. The molecule has 0 fully saturated rings. The van der Waals surface area contributed by atoms with Crippen molar-refractivity contribution in [2.24, 2.45) is 11.1 Å². The second-order valence-electron chi connectivity index (χ2n) is 8.13. The zero-order valence-electron chi connectivity index (χ0n) is 16.4. The number of carbonyl (C=O) groups excluding carboxylic acids is 1. The molecule has 0 saturated heterocycles. The van der Waals surface area contributed by atoms with Gasteiger partial charge in [-0.05, 0) is 29.7 Å². The van der Waals surface area contributed by atoms with Gasteiger partial charge >= 0.3 is 0 Å². The van der Waals surface area contributed by atoms with Crippen molar-refractivity contribution in [3.05, 3.63) is 57.8 Å². The Hall–Kier alpha value is -3.04. The van der Waals surface area contributed by atoms with Crippen LogP contribution in [-0.4, -0.2) is 17.9 Å². The predicted molar refractivity (Wildman–Crippen MR) is 109 cm³/mol. The number of halogens is 1. The Bertz CT molecular complexity index is 1160. The molecule has 1 atom stereocenters. The number of ketones is 1. The summed E-state index contributed by atoms with van der Waals surface area (Å²) in [7, 11) is 1.58. The lowest BCUT2D eigenvalue weighted by Crippen LogP contribution is -2.33. The van der Waals surface area contributed by atoms with Crippen molar-refractivity contribution in [1.29, 1.82) is 5.26 Å². The maximum absolute atomic E-state index is 13.1. The SMILES string of the molecule is COc1ccc2nc(Cl)c([C@@H]3C(C#N)=C(N)OC4=C3C(=O)CC(C)(C)C4)cc2c1. The summed E-state index contributed by atoms with van der Waals surface area (Å²) in [4.78, 5) is 17.6. The predicted octanol–water partition coefficient (Wildman–Crippen LogP) is 4.35. The van der Waals surface area contributed by atoms with Gasteiger partial charge in [0, 0.05) is 29.4 Å². The maximum Gasteiger partial charge on any atom is 0.205 e. The number of nitrogens with zero attached hydrogens (tertiary/aromatic N) is 2. The Morgan fingerprint density at radius 3 is 2.79 bits per heavy atom. The minimum Gasteiger partial charge on any atom is -0.497 e. The lowest BCUT2D eigenvalue weighted by molar-refractivity contribution is -0.119. The van der Waals surface area contributed by atoms with Crippen molar-refractivity contribution in [2.75, 3.05) is 7.11 Å². The zero-order chi connectivity index (χ0) is 20.9. The van der Waals surface area contributed by atoms with E-state index in [1.54, 1.807) is 13.2 Å². The van der Waals surface area contributed by atoms with Gasteiger partial charge in [-0.1, -0.05) is 25.4 Å². The number of hydrogen-bond acceptors (Lipinski definition) is 6. The van der Waals surface area contributed by atoms with Crippen LogP contribution in [0.1, 0.15) is 38.2 Å². The van der Waals surface area contributed by atoms with Crippen LogP contribution in [0.3, 0.4) is 0 Å². The van der Waals surface area contributed by atoms with E-state index in [2.05, 4.69) is 11.1 Å². The smallest absolute Gasteiger partial charge is 0.205 e. The van der Waals surface area contributed by atoms with Gasteiger partial charge in [0.1, 0.15) is 28.3 Å². The van der Waals surface area contributed by atoms with Gasteiger partial charge in [0.15, 0.2) is 5.78 Å². The Morgan fingerprint density at radius 2 is 2.10 bits per heavy atom. The average Bonchev–Trinajstić information content (AvgIpc) is 2.65. The molecule has 29 heavy (non-hydrogen) atoms. The number of hydrogen-bond donors (Lipinski definition) is 1. The van der Waals surface area contributed by atoms with Gasteiger partial charge in [-0.25, -0.2) is 4.98 Å². The fraction of sp³-hybridized carbons (Fsp3) is 0.318. The molecule has 0 saturated carbocycles. The van der Waals surface area contributed by atoms with Crippen LogP contribution in [0.2, 0.25) is 5.15 Å². The highest BCUT2D eigenvalue weighted by Gasteiger charge is 2.43. The van der Waals surface area contributed by atoms with E-state index in [-0.39, 0.29) is 27.8 Å². The van der Waals surface area contributed by atoms with E-state index in [0.717, 1.165) is 5.39 Å². The van der Waals surface area contributed by atoms with Crippen molar-refractivity contribution >= 4 is 28.3 Å². The van der Waals surface area contributed by atoms with Crippen LogP contribution in [0, 0.1) is 16.7 Å². The highest BCUT2D eigenvalue weighted by molar-refractivity contribution is 6.31. The van der Waals surface area contributed by atoms with Crippen LogP contribution in [0.4, 0.5) is 0 Å². The fourth-order valence-corrected chi connectivity index (χ4v) is 4.33. The van der Waals surface area contributed by atoms with E-state index in [1.807, 2.05) is 32.0 Å². The molecule has 2 aliphatic rings. The van der Waals surface area contributed by atoms with E-state index in [4.69, 9.17) is 26.8 Å². The summed E-state index contributed by atoms with van der Waals surface area (Å²) in [6.07, 6.45) is 0.910. The molecule has 0 unspecified atom stereocenters. The van der Waals surface area contributed by atoms with Crippen LogP contribution in [0.5, 0.6) is 5.75 Å². The molecule has 2 aromatic rings. The highest BCUT2D eigenvalue weighted by atomic mass is 35.5. The standard InChI is InChI=1S/C22H20ClN3O3/c1-22(2)8-16(27)19-17(9-22)29-21(25)14(10-24)18(19)13-7-11-6-12(28-3)4-5-15(11)26-20(13)23/h4-7,18H,8-9,25H2,1-3H3/t18-/m1/s1. The third-order valence-electron chi connectivity index (χ3n) is 5.39. The molecule has 4 rings (SSSR count). The molecule has 2 heterocycles. The van der Waals surface area contributed by atoms with Gasteiger partial charge in [-0.3, -0.25) is 4.79 Å². The highest BCUT2D eigenvalue weighted by Crippen LogP contribution is 2.49. The van der Waals surface area contributed by atoms with Crippen molar-refractivity contribution in [3.63, 3.8) is 0 Å². The second-order valence-corrected chi connectivity index (χ2v) is 8.49. The summed E-state index contributed by atoms with van der Waals surface area (Å²) in [5.74, 6) is 0.412. The number of pyridine rings is 1. The number of carbonyl (C=O) groups is 1. The van der Waals surface area contributed by atoms with E-state index in [0.29, 0.717) is 41.0 Å². The molecule has 0 spiro atoms. The summed E-state index contributed by atoms with van der Waals surface area (Å²) in [6, 6.07) is 9.39. The topological polar surface area (TPSA) is 98.2 Å². The Morgan fingerprint density at radius 1 is 1.34 bits per heavy atom. The lowest BCUT2D eigenvalue weighted by Gasteiger charge is -2.37. The zero-order valence-corrected chi connectivity index (χ0v) is 17.1. The van der Waals surface area contributed by atoms with Gasteiger partial charge in [0.05, 0.1) is 18.5 Å². The minimum absolute atomic E-state index is 0.00329. The number of aromatic nitrogens is 1. The molecule has 2 N–H and O–H groups in total. The first-order valence-electron chi connectivity index (χ1n) is 9.22. The fourth-order valence-electron chi connectivity index (χ4n) is 4.07. The Labute approximate surface area is 173 Å². The lowest BCUT2D eigenvalue weighted by atomic mass is 9.70. The van der Waals surface area contributed by atoms with Crippen molar-refractivity contribution < 1.29 is 14.3 Å².